The molecule has 2 saturated heterocycles. The van der Waals surface area contributed by atoms with Crippen LogP contribution in [-0.4, -0.2) is 64.9 Å². The normalized spacial score (nSPS) is 21.1. The van der Waals surface area contributed by atoms with E-state index in [4.69, 9.17) is 0 Å². The molecule has 4 rings (SSSR count). The predicted octanol–water partition coefficient (Wildman–Crippen LogP) is -0.205. The summed E-state index contributed by atoms with van der Waals surface area (Å²) in [4.78, 5) is 41.4. The summed E-state index contributed by atoms with van der Waals surface area (Å²) < 4.78 is 1.51. The molecule has 7 nitrogen and oxygen atoms in total. The number of amides is 2. The Morgan fingerprint density at radius 2 is 1.96 bits per heavy atom. The summed E-state index contributed by atoms with van der Waals surface area (Å²) in [6.07, 6.45) is 0. The maximum absolute atomic E-state index is 13.0. The van der Waals surface area contributed by atoms with E-state index in [1.54, 1.807) is 18.0 Å². The number of nitrogens with zero attached hydrogens (tertiary/aromatic N) is 3. The minimum absolute atomic E-state index is 0.0461. The van der Waals surface area contributed by atoms with Crippen molar-refractivity contribution in [1.82, 2.24) is 19.7 Å². The van der Waals surface area contributed by atoms with Gasteiger partial charge in [-0.3, -0.25) is 19.3 Å². The van der Waals surface area contributed by atoms with E-state index < -0.39 is 0 Å². The predicted molar refractivity (Wildman–Crippen MR) is 93.5 cm³/mol. The molecule has 2 aliphatic rings. The smallest absolute Gasteiger partial charge is 0.263 e. The Labute approximate surface area is 144 Å². The van der Waals surface area contributed by atoms with Crippen molar-refractivity contribution in [2.45, 2.75) is 6.04 Å². The van der Waals surface area contributed by atoms with E-state index >= 15 is 0 Å². The number of para-hydroxylation sites is 1. The summed E-state index contributed by atoms with van der Waals surface area (Å²) >= 11 is 0. The number of hydrogen-bond acceptors (Lipinski definition) is 4. The molecule has 3 heterocycles. The van der Waals surface area contributed by atoms with Crippen LogP contribution in [0.25, 0.3) is 10.9 Å². The first-order valence-electron chi connectivity index (χ1n) is 8.46. The van der Waals surface area contributed by atoms with Crippen LogP contribution in [0, 0.1) is 0 Å². The van der Waals surface area contributed by atoms with Crippen LogP contribution in [-0.2, 0) is 11.8 Å². The summed E-state index contributed by atoms with van der Waals surface area (Å²) in [5, 5.41) is 3.69. The number of nitrogens with one attached hydrogen (secondary N) is 1. The minimum Gasteiger partial charge on any atom is -0.353 e. The van der Waals surface area contributed by atoms with Gasteiger partial charge in [-0.25, -0.2) is 0 Å². The maximum atomic E-state index is 13.0. The highest BCUT2D eigenvalue weighted by Crippen LogP contribution is 2.17. The van der Waals surface area contributed by atoms with Crippen molar-refractivity contribution in [3.8, 4) is 0 Å². The topological polar surface area (TPSA) is 74.7 Å². The average molecular weight is 340 g/mol. The van der Waals surface area contributed by atoms with Gasteiger partial charge in [-0.15, -0.1) is 0 Å². The lowest BCUT2D eigenvalue weighted by Crippen LogP contribution is -2.64. The molecule has 0 aliphatic carbocycles. The van der Waals surface area contributed by atoms with Gasteiger partial charge in [-0.1, -0.05) is 18.2 Å². The number of rotatable bonds is 1. The Hall–Kier alpha value is -2.67. The van der Waals surface area contributed by atoms with Crippen LogP contribution in [0.4, 0.5) is 0 Å². The summed E-state index contributed by atoms with van der Waals surface area (Å²) in [5.41, 5.74) is 0.644. The number of piperazine rings is 2. The first-order valence-corrected chi connectivity index (χ1v) is 8.46. The van der Waals surface area contributed by atoms with Crippen LogP contribution in [0.2, 0.25) is 0 Å². The van der Waals surface area contributed by atoms with E-state index in [0.717, 1.165) is 17.4 Å². The third-order valence-corrected chi connectivity index (χ3v) is 5.14. The van der Waals surface area contributed by atoms with E-state index in [2.05, 4.69) is 10.2 Å². The van der Waals surface area contributed by atoms with Crippen molar-refractivity contribution in [1.29, 1.82) is 0 Å². The molecule has 130 valence electrons. The van der Waals surface area contributed by atoms with Crippen LogP contribution >= 0.6 is 0 Å². The first-order chi connectivity index (χ1) is 12.1. The van der Waals surface area contributed by atoms with Crippen LogP contribution < -0.4 is 10.9 Å². The van der Waals surface area contributed by atoms with Gasteiger partial charge in [0.25, 0.3) is 11.5 Å². The van der Waals surface area contributed by atoms with Gasteiger partial charge in [-0.2, -0.15) is 0 Å². The fourth-order valence-corrected chi connectivity index (χ4v) is 3.71. The van der Waals surface area contributed by atoms with Gasteiger partial charge in [0.1, 0.15) is 11.6 Å². The van der Waals surface area contributed by atoms with Gasteiger partial charge in [0, 0.05) is 39.8 Å². The highest BCUT2D eigenvalue weighted by atomic mass is 16.2. The molecule has 25 heavy (non-hydrogen) atoms. The standard InChI is InChI=1S/C18H20N4O3/c1-20-14-5-3-2-4-12(14)10-13(17(20)24)18(25)22-9-8-21-7-6-19-16(23)15(21)11-22/h2-5,10,15H,6-9,11H2,1H3,(H,19,23). The van der Waals surface area contributed by atoms with E-state index in [1.807, 2.05) is 24.3 Å². The molecule has 2 aliphatic heterocycles. The number of pyridine rings is 1. The zero-order valence-electron chi connectivity index (χ0n) is 14.1. The third-order valence-electron chi connectivity index (χ3n) is 5.14. The number of fused-ring (bicyclic) bond motifs is 2. The highest BCUT2D eigenvalue weighted by molar-refractivity contribution is 5.98. The molecule has 1 aromatic heterocycles. The van der Waals surface area contributed by atoms with Crippen molar-refractivity contribution in [2.75, 3.05) is 32.7 Å². The van der Waals surface area contributed by atoms with Crippen LogP contribution in [0.5, 0.6) is 0 Å². The second-order valence-corrected chi connectivity index (χ2v) is 6.57. The Kier molecular flexibility index (Phi) is 3.80. The fraction of sp³-hybridized carbons (Fsp3) is 0.389. The molecule has 1 aromatic carbocycles. The molecule has 0 spiro atoms. The average Bonchev–Trinajstić information content (AvgIpc) is 2.64. The molecule has 2 amide bonds. The van der Waals surface area contributed by atoms with Crippen molar-refractivity contribution in [3.63, 3.8) is 0 Å². The number of benzene rings is 1. The number of hydrogen-bond donors (Lipinski definition) is 1. The molecule has 1 N–H and O–H groups in total. The molecule has 7 heteroatoms. The zero-order valence-corrected chi connectivity index (χ0v) is 14.1. The second-order valence-electron chi connectivity index (χ2n) is 6.57. The summed E-state index contributed by atoms with van der Waals surface area (Å²) in [6.45, 7) is 2.95. The molecule has 1 unspecified atom stereocenters. The molecule has 0 bridgehead atoms. The summed E-state index contributed by atoms with van der Waals surface area (Å²) in [6, 6.07) is 8.83. The zero-order chi connectivity index (χ0) is 17.6. The first kappa shape index (κ1) is 15.8. The molecule has 1 atom stereocenters. The number of carbonyl (C=O) groups excluding carboxylic acids is 2. The molecular formula is C18H20N4O3. The summed E-state index contributed by atoms with van der Waals surface area (Å²) in [7, 11) is 1.67. The minimum atomic E-state index is -0.323. The van der Waals surface area contributed by atoms with Crippen LogP contribution in [0.1, 0.15) is 10.4 Å². The van der Waals surface area contributed by atoms with Crippen molar-refractivity contribution >= 4 is 22.7 Å². The molecule has 0 radical (unpaired) electrons. The quantitative estimate of drug-likeness (QED) is 0.780. The molecular weight excluding hydrogens is 320 g/mol. The number of carbonyl (C=O) groups is 2. The Bertz CT molecular complexity index is 920. The van der Waals surface area contributed by atoms with Crippen LogP contribution in [0.15, 0.2) is 35.1 Å². The van der Waals surface area contributed by atoms with E-state index in [1.165, 1.54) is 4.57 Å². The van der Waals surface area contributed by atoms with E-state index in [-0.39, 0.29) is 29.0 Å². The van der Waals surface area contributed by atoms with Crippen molar-refractivity contribution in [2.24, 2.45) is 7.05 Å². The lowest BCUT2D eigenvalue weighted by Gasteiger charge is -2.42. The van der Waals surface area contributed by atoms with Crippen LogP contribution in [0.3, 0.4) is 0 Å². The van der Waals surface area contributed by atoms with Crippen molar-refractivity contribution < 1.29 is 9.59 Å². The SMILES string of the molecule is Cn1c(=O)c(C(=O)N2CCN3CCNC(=O)C3C2)cc2ccccc21. The highest BCUT2D eigenvalue weighted by Gasteiger charge is 2.37. The van der Waals surface area contributed by atoms with Gasteiger partial charge in [0.2, 0.25) is 5.91 Å². The molecule has 2 aromatic rings. The Morgan fingerprint density at radius 3 is 2.80 bits per heavy atom. The van der Waals surface area contributed by atoms with Gasteiger partial charge in [0.15, 0.2) is 0 Å². The number of aryl methyl sites for hydroxylation is 1. The monoisotopic (exact) mass is 340 g/mol. The maximum Gasteiger partial charge on any atom is 0.263 e. The third kappa shape index (κ3) is 2.60. The van der Waals surface area contributed by atoms with E-state index in [9.17, 15) is 14.4 Å². The number of aromatic nitrogens is 1. The Morgan fingerprint density at radius 1 is 1.16 bits per heavy atom. The molecule has 0 saturated carbocycles. The fourth-order valence-electron chi connectivity index (χ4n) is 3.71. The second kappa shape index (κ2) is 6.00. The van der Waals surface area contributed by atoms with E-state index in [0.29, 0.717) is 26.2 Å². The van der Waals surface area contributed by atoms with Crippen molar-refractivity contribution in [3.05, 3.63) is 46.2 Å². The Balaban J connectivity index is 1.67. The summed E-state index contributed by atoms with van der Waals surface area (Å²) in [5.74, 6) is -0.348. The van der Waals surface area contributed by atoms with Gasteiger partial charge < -0.3 is 14.8 Å². The molecule has 2 fully saturated rings. The lowest BCUT2D eigenvalue weighted by atomic mass is 10.1. The van der Waals surface area contributed by atoms with Gasteiger partial charge in [0.05, 0.1) is 5.52 Å². The van der Waals surface area contributed by atoms with Gasteiger partial charge in [-0.05, 0) is 17.5 Å². The largest absolute Gasteiger partial charge is 0.353 e. The lowest BCUT2D eigenvalue weighted by molar-refractivity contribution is -0.131. The van der Waals surface area contributed by atoms with Gasteiger partial charge >= 0.3 is 0 Å².